The summed E-state index contributed by atoms with van der Waals surface area (Å²) in [5.74, 6) is -1.41. The number of rotatable bonds is 2. The summed E-state index contributed by atoms with van der Waals surface area (Å²) in [5, 5.41) is 0. The molecule has 0 N–H and O–H groups in total. The van der Waals surface area contributed by atoms with Crippen LogP contribution in [0.2, 0.25) is 0 Å². The van der Waals surface area contributed by atoms with Crippen LogP contribution < -0.4 is 0 Å². The molecule has 108 valence electrons. The number of benzene rings is 2. The standard InChI is InChI=1S/C18H15F3/c1-2-11-3-5-15(17(20)7-11)12-4-6-16-13(8-12)9-14(19)10-18(16)21/h3,5,7-10H,2,4,6H2,1H3. The van der Waals surface area contributed by atoms with E-state index in [4.69, 9.17) is 0 Å². The van der Waals surface area contributed by atoms with Crippen molar-refractivity contribution in [1.82, 2.24) is 0 Å². The molecular formula is C18H15F3. The van der Waals surface area contributed by atoms with E-state index in [1.165, 1.54) is 12.1 Å². The molecule has 0 unspecified atom stereocenters. The van der Waals surface area contributed by atoms with Gasteiger partial charge in [0.2, 0.25) is 0 Å². The molecule has 21 heavy (non-hydrogen) atoms. The van der Waals surface area contributed by atoms with Gasteiger partial charge in [-0.1, -0.05) is 25.1 Å². The number of hydrogen-bond acceptors (Lipinski definition) is 0. The Labute approximate surface area is 121 Å². The molecule has 0 aliphatic heterocycles. The number of halogens is 3. The van der Waals surface area contributed by atoms with Crippen molar-refractivity contribution in [1.29, 1.82) is 0 Å². The molecule has 0 saturated carbocycles. The highest BCUT2D eigenvalue weighted by atomic mass is 19.1. The molecule has 0 spiro atoms. The van der Waals surface area contributed by atoms with Crippen molar-refractivity contribution >= 4 is 11.6 Å². The van der Waals surface area contributed by atoms with E-state index in [1.807, 2.05) is 13.0 Å². The topological polar surface area (TPSA) is 0 Å². The Balaban J connectivity index is 2.06. The van der Waals surface area contributed by atoms with Crippen molar-refractivity contribution in [3.63, 3.8) is 0 Å². The molecule has 3 rings (SSSR count). The minimum absolute atomic E-state index is 0.277. The van der Waals surface area contributed by atoms with E-state index in [0.717, 1.165) is 23.6 Å². The minimum Gasteiger partial charge on any atom is -0.207 e. The molecule has 1 aliphatic rings. The molecule has 1 aliphatic carbocycles. The fraction of sp³-hybridized carbons (Fsp3) is 0.222. The smallest absolute Gasteiger partial charge is 0.130 e. The van der Waals surface area contributed by atoms with Crippen LogP contribution in [0.25, 0.3) is 11.6 Å². The van der Waals surface area contributed by atoms with Crippen molar-refractivity contribution in [2.24, 2.45) is 0 Å². The Bertz CT molecular complexity index is 729. The highest BCUT2D eigenvalue weighted by Gasteiger charge is 2.18. The number of fused-ring (bicyclic) bond motifs is 1. The molecule has 0 amide bonds. The third kappa shape index (κ3) is 2.60. The summed E-state index contributed by atoms with van der Waals surface area (Å²) in [6, 6.07) is 7.36. The van der Waals surface area contributed by atoms with Crippen LogP contribution in [-0.4, -0.2) is 0 Å². The second kappa shape index (κ2) is 5.40. The average Bonchev–Trinajstić information content (AvgIpc) is 2.46. The van der Waals surface area contributed by atoms with E-state index in [0.29, 0.717) is 29.5 Å². The van der Waals surface area contributed by atoms with E-state index in [-0.39, 0.29) is 5.82 Å². The van der Waals surface area contributed by atoms with Gasteiger partial charge in [-0.3, -0.25) is 0 Å². The van der Waals surface area contributed by atoms with E-state index >= 15 is 0 Å². The molecule has 0 bridgehead atoms. The highest BCUT2D eigenvalue weighted by molar-refractivity contribution is 5.84. The predicted molar refractivity (Wildman–Crippen MR) is 78.3 cm³/mol. The molecule has 2 aromatic carbocycles. The predicted octanol–water partition coefficient (Wildman–Crippen LogP) is 5.15. The van der Waals surface area contributed by atoms with Gasteiger partial charge in [-0.2, -0.15) is 0 Å². The molecule has 0 saturated heterocycles. The minimum atomic E-state index is -0.606. The Morgan fingerprint density at radius 1 is 0.952 bits per heavy atom. The van der Waals surface area contributed by atoms with Gasteiger partial charge in [0.05, 0.1) is 0 Å². The Morgan fingerprint density at radius 2 is 1.76 bits per heavy atom. The van der Waals surface area contributed by atoms with Crippen LogP contribution in [0.15, 0.2) is 30.3 Å². The zero-order chi connectivity index (χ0) is 15.0. The summed E-state index contributed by atoms with van der Waals surface area (Å²) in [6.45, 7) is 1.97. The summed E-state index contributed by atoms with van der Waals surface area (Å²) < 4.78 is 41.2. The van der Waals surface area contributed by atoms with Gasteiger partial charge in [0, 0.05) is 11.6 Å². The van der Waals surface area contributed by atoms with Crippen LogP contribution in [0.5, 0.6) is 0 Å². The Kier molecular flexibility index (Phi) is 3.58. The van der Waals surface area contributed by atoms with E-state index < -0.39 is 11.6 Å². The molecule has 0 atom stereocenters. The summed E-state index contributed by atoms with van der Waals surface area (Å²) in [4.78, 5) is 0. The Hall–Kier alpha value is -2.03. The SMILES string of the molecule is CCc1ccc(C2=Cc3cc(F)cc(F)c3CC2)c(F)c1. The van der Waals surface area contributed by atoms with Crippen LogP contribution in [0, 0.1) is 17.5 Å². The summed E-state index contributed by atoms with van der Waals surface area (Å²) in [5.41, 5.74) is 3.25. The lowest BCUT2D eigenvalue weighted by molar-refractivity contribution is 0.570. The van der Waals surface area contributed by atoms with Gasteiger partial charge in [0.25, 0.3) is 0 Å². The maximum Gasteiger partial charge on any atom is 0.130 e. The van der Waals surface area contributed by atoms with Gasteiger partial charge >= 0.3 is 0 Å². The largest absolute Gasteiger partial charge is 0.207 e. The first kappa shape index (κ1) is 13.9. The number of allylic oxidation sites excluding steroid dienone is 1. The first-order valence-electron chi connectivity index (χ1n) is 7.05. The van der Waals surface area contributed by atoms with Crippen LogP contribution in [0.3, 0.4) is 0 Å². The number of hydrogen-bond donors (Lipinski definition) is 0. The average molecular weight is 288 g/mol. The quantitative estimate of drug-likeness (QED) is 0.716. The number of aryl methyl sites for hydroxylation is 1. The van der Waals surface area contributed by atoms with Gasteiger partial charge in [-0.25, -0.2) is 13.2 Å². The van der Waals surface area contributed by atoms with Crippen molar-refractivity contribution in [2.75, 3.05) is 0 Å². The molecular weight excluding hydrogens is 273 g/mol. The zero-order valence-electron chi connectivity index (χ0n) is 11.7. The molecule has 0 heterocycles. The molecule has 0 fully saturated rings. The van der Waals surface area contributed by atoms with Gasteiger partial charge < -0.3 is 0 Å². The third-order valence-electron chi connectivity index (χ3n) is 3.96. The first-order chi connectivity index (χ1) is 10.1. The van der Waals surface area contributed by atoms with Crippen LogP contribution >= 0.6 is 0 Å². The lowest BCUT2D eigenvalue weighted by Gasteiger charge is -2.18. The highest BCUT2D eigenvalue weighted by Crippen LogP contribution is 2.33. The fourth-order valence-corrected chi connectivity index (χ4v) is 2.79. The van der Waals surface area contributed by atoms with E-state index in [2.05, 4.69) is 0 Å². The second-order valence-electron chi connectivity index (χ2n) is 5.29. The van der Waals surface area contributed by atoms with Crippen LogP contribution in [0.1, 0.15) is 35.6 Å². The van der Waals surface area contributed by atoms with Gasteiger partial charge in [-0.05, 0) is 53.7 Å². The Morgan fingerprint density at radius 3 is 2.48 bits per heavy atom. The first-order valence-corrected chi connectivity index (χ1v) is 7.05. The molecule has 3 heteroatoms. The third-order valence-corrected chi connectivity index (χ3v) is 3.96. The fourth-order valence-electron chi connectivity index (χ4n) is 2.79. The maximum atomic E-state index is 14.2. The molecule has 0 aromatic heterocycles. The van der Waals surface area contributed by atoms with E-state index in [9.17, 15) is 13.2 Å². The van der Waals surface area contributed by atoms with Crippen molar-refractivity contribution in [3.05, 3.63) is 70.0 Å². The van der Waals surface area contributed by atoms with Crippen molar-refractivity contribution in [2.45, 2.75) is 26.2 Å². The van der Waals surface area contributed by atoms with Crippen molar-refractivity contribution in [3.8, 4) is 0 Å². The summed E-state index contributed by atoms with van der Waals surface area (Å²) >= 11 is 0. The molecule has 2 aromatic rings. The van der Waals surface area contributed by atoms with Gasteiger partial charge in [0.15, 0.2) is 0 Å². The summed E-state index contributed by atoms with van der Waals surface area (Å²) in [7, 11) is 0. The second-order valence-corrected chi connectivity index (χ2v) is 5.29. The zero-order valence-corrected chi connectivity index (χ0v) is 11.7. The molecule has 0 radical (unpaired) electrons. The normalized spacial score (nSPS) is 13.8. The maximum absolute atomic E-state index is 14.2. The monoisotopic (exact) mass is 288 g/mol. The van der Waals surface area contributed by atoms with Crippen LogP contribution in [0.4, 0.5) is 13.2 Å². The van der Waals surface area contributed by atoms with Gasteiger partial charge in [0.1, 0.15) is 17.5 Å². The summed E-state index contributed by atoms with van der Waals surface area (Å²) in [6.07, 6.45) is 3.48. The van der Waals surface area contributed by atoms with Gasteiger partial charge in [-0.15, -0.1) is 0 Å². The van der Waals surface area contributed by atoms with Crippen LogP contribution in [-0.2, 0) is 12.8 Å². The lowest BCUT2D eigenvalue weighted by atomic mass is 9.88. The van der Waals surface area contributed by atoms with E-state index in [1.54, 1.807) is 12.1 Å². The lowest BCUT2D eigenvalue weighted by Crippen LogP contribution is -2.04. The molecule has 0 nitrogen and oxygen atoms in total. The van der Waals surface area contributed by atoms with Crippen molar-refractivity contribution < 1.29 is 13.2 Å².